The molecule has 0 unspecified atom stereocenters. The van der Waals surface area contributed by atoms with Gasteiger partial charge in [0, 0.05) is 5.92 Å². The number of carbonyl (C=O) groups excluding carboxylic acids is 2. The first-order valence-corrected chi connectivity index (χ1v) is 10.8. The molecular weight excluding hydrogens is 479 g/mol. The van der Waals surface area contributed by atoms with Gasteiger partial charge in [-0.25, -0.2) is 9.29 Å². The number of hydrogen-bond acceptors (Lipinski definition) is 4. The van der Waals surface area contributed by atoms with Crippen LogP contribution in [-0.2, 0) is 13.9 Å². The molecule has 8 heteroatoms. The molecule has 0 aromatic heterocycles. The molecule has 0 N–H and O–H groups in total. The number of carbonyl (C=O) groups is 2. The smallest absolute Gasteiger partial charge is 0.274 e. The zero-order chi connectivity index (χ0) is 22.4. The molecule has 4 aliphatic rings. The molecule has 1 fully saturated rings. The minimum absolute atomic E-state index is 0.204. The van der Waals surface area contributed by atoms with Gasteiger partial charge in [0.05, 0.1) is 27.1 Å². The summed E-state index contributed by atoms with van der Waals surface area (Å²) in [5.41, 5.74) is 2.94. The quantitative estimate of drug-likeness (QED) is 0.226. The third-order valence-electron chi connectivity index (χ3n) is 6.89. The summed E-state index contributed by atoms with van der Waals surface area (Å²) in [5.74, 6) is -3.71. The molecular formula is C24H14BrFN2O4. The van der Waals surface area contributed by atoms with E-state index in [4.69, 9.17) is 0 Å². The summed E-state index contributed by atoms with van der Waals surface area (Å²) in [4.78, 5) is 39.2. The molecule has 0 spiro atoms. The molecule has 2 bridgehead atoms. The number of hydrogen-bond donors (Lipinski definition) is 0. The van der Waals surface area contributed by atoms with Crippen molar-refractivity contribution in [2.75, 3.05) is 4.90 Å². The van der Waals surface area contributed by atoms with Crippen molar-refractivity contribution in [2.24, 2.45) is 11.8 Å². The van der Waals surface area contributed by atoms with Crippen LogP contribution in [-0.4, -0.2) is 16.7 Å². The normalized spacial score (nSPS) is 27.2. The Morgan fingerprint density at radius 3 is 2.12 bits per heavy atom. The number of alkyl halides is 1. The lowest BCUT2D eigenvalue weighted by Crippen LogP contribution is -2.50. The first kappa shape index (κ1) is 19.3. The van der Waals surface area contributed by atoms with E-state index in [1.807, 2.05) is 48.5 Å². The topological polar surface area (TPSA) is 80.5 Å². The molecule has 3 aliphatic carbocycles. The second kappa shape index (κ2) is 6.32. The Morgan fingerprint density at radius 2 is 1.53 bits per heavy atom. The van der Waals surface area contributed by atoms with Crippen LogP contribution in [0.1, 0.15) is 28.2 Å². The monoisotopic (exact) mass is 492 g/mol. The fourth-order valence-corrected chi connectivity index (χ4v) is 6.95. The maximum Gasteiger partial charge on any atom is 0.296 e. The fourth-order valence-electron chi connectivity index (χ4n) is 5.75. The van der Waals surface area contributed by atoms with Crippen LogP contribution < -0.4 is 4.90 Å². The average Bonchev–Trinajstić information content (AvgIpc) is 3.06. The molecule has 0 radical (unpaired) electrons. The van der Waals surface area contributed by atoms with Crippen LogP contribution in [0.3, 0.4) is 0 Å². The largest absolute Gasteiger partial charge is 0.296 e. The van der Waals surface area contributed by atoms with Crippen LogP contribution in [0.25, 0.3) is 0 Å². The Balaban J connectivity index is 1.61. The third kappa shape index (κ3) is 2.17. The molecule has 158 valence electrons. The minimum Gasteiger partial charge on any atom is -0.274 e. The van der Waals surface area contributed by atoms with Crippen molar-refractivity contribution < 1.29 is 18.9 Å². The highest BCUT2D eigenvalue weighted by atomic mass is 79.9. The van der Waals surface area contributed by atoms with Crippen LogP contribution in [0.5, 0.6) is 0 Å². The van der Waals surface area contributed by atoms with Gasteiger partial charge in [-0.05, 0) is 34.4 Å². The molecule has 3 aromatic carbocycles. The molecule has 32 heavy (non-hydrogen) atoms. The number of amides is 2. The molecule has 6 nitrogen and oxygen atoms in total. The Labute approximate surface area is 189 Å². The van der Waals surface area contributed by atoms with Crippen LogP contribution >= 0.6 is 15.9 Å². The maximum absolute atomic E-state index is 13.8. The Kier molecular flexibility index (Phi) is 3.81. The van der Waals surface area contributed by atoms with Crippen molar-refractivity contribution >= 4 is 39.1 Å². The number of anilines is 1. The summed E-state index contributed by atoms with van der Waals surface area (Å²) in [6.07, 6.45) is 0. The predicted molar refractivity (Wildman–Crippen MR) is 117 cm³/mol. The van der Waals surface area contributed by atoms with E-state index in [-0.39, 0.29) is 11.6 Å². The standard InChI is InChI=1S/C24H14BrFN2O4/c25-24-15-7-3-1-5-13(15)19(14-6-2-4-8-16(14)24)20-21(24)23(30)27(22(20)29)17-10-9-12(26)11-18(17)28(31)32/h1-11,19-21H/t19?,20-,21+,24?/m0/s1. The second-order valence-electron chi connectivity index (χ2n) is 8.27. The Morgan fingerprint density at radius 1 is 0.938 bits per heavy atom. The lowest BCUT2D eigenvalue weighted by Gasteiger charge is -2.51. The summed E-state index contributed by atoms with van der Waals surface area (Å²) >= 11 is 3.87. The number of benzene rings is 3. The first-order chi connectivity index (χ1) is 15.4. The lowest BCUT2D eigenvalue weighted by molar-refractivity contribution is -0.384. The lowest BCUT2D eigenvalue weighted by atomic mass is 9.55. The summed E-state index contributed by atoms with van der Waals surface area (Å²) in [6.45, 7) is 0. The molecule has 2 atom stereocenters. The second-order valence-corrected chi connectivity index (χ2v) is 9.52. The van der Waals surface area contributed by atoms with Crippen molar-refractivity contribution in [2.45, 2.75) is 10.2 Å². The highest BCUT2D eigenvalue weighted by Gasteiger charge is 2.68. The number of imide groups is 1. The van der Waals surface area contributed by atoms with Crippen molar-refractivity contribution in [3.63, 3.8) is 0 Å². The number of halogens is 2. The Hall–Kier alpha value is -3.39. The van der Waals surface area contributed by atoms with Crippen LogP contribution in [0.15, 0.2) is 66.7 Å². The van der Waals surface area contributed by atoms with Crippen LogP contribution in [0.2, 0.25) is 0 Å². The van der Waals surface area contributed by atoms with Crippen LogP contribution in [0, 0.1) is 27.8 Å². The van der Waals surface area contributed by atoms with Crippen LogP contribution in [0.4, 0.5) is 15.8 Å². The van der Waals surface area contributed by atoms with Gasteiger partial charge in [0.1, 0.15) is 11.5 Å². The van der Waals surface area contributed by atoms with Gasteiger partial charge in [0.2, 0.25) is 11.8 Å². The highest BCUT2D eigenvalue weighted by molar-refractivity contribution is 9.09. The molecule has 0 saturated carbocycles. The number of rotatable bonds is 2. The van der Waals surface area contributed by atoms with Gasteiger partial charge < -0.3 is 0 Å². The van der Waals surface area contributed by atoms with Gasteiger partial charge in [-0.2, -0.15) is 0 Å². The molecule has 2 amide bonds. The first-order valence-electron chi connectivity index (χ1n) is 10.0. The predicted octanol–water partition coefficient (Wildman–Crippen LogP) is 4.64. The summed E-state index contributed by atoms with van der Waals surface area (Å²) in [7, 11) is 0. The fraction of sp³-hybridized carbons (Fsp3) is 0.167. The van der Waals surface area contributed by atoms with E-state index >= 15 is 0 Å². The third-order valence-corrected chi connectivity index (χ3v) is 8.24. The molecule has 7 rings (SSSR count). The average molecular weight is 493 g/mol. The highest BCUT2D eigenvalue weighted by Crippen LogP contribution is 2.66. The summed E-state index contributed by atoms with van der Waals surface area (Å²) < 4.78 is 12.8. The summed E-state index contributed by atoms with van der Waals surface area (Å²) in [5, 5.41) is 11.6. The van der Waals surface area contributed by atoms with Crippen molar-refractivity contribution in [3.8, 4) is 0 Å². The molecule has 1 saturated heterocycles. The molecule has 3 aromatic rings. The van der Waals surface area contributed by atoms with E-state index in [0.29, 0.717) is 0 Å². The van der Waals surface area contributed by atoms with Gasteiger partial charge in [-0.3, -0.25) is 19.7 Å². The van der Waals surface area contributed by atoms with Gasteiger partial charge in [0.25, 0.3) is 5.69 Å². The van der Waals surface area contributed by atoms with E-state index in [1.165, 1.54) is 0 Å². The van der Waals surface area contributed by atoms with Gasteiger partial charge in [-0.15, -0.1) is 0 Å². The number of nitro groups is 1. The van der Waals surface area contributed by atoms with E-state index < -0.39 is 44.4 Å². The minimum atomic E-state index is -0.949. The zero-order valence-electron chi connectivity index (χ0n) is 16.4. The van der Waals surface area contributed by atoms with Crippen molar-refractivity contribution in [1.82, 2.24) is 0 Å². The number of nitrogens with zero attached hydrogens (tertiary/aromatic N) is 2. The maximum atomic E-state index is 13.8. The van der Waals surface area contributed by atoms with Crippen molar-refractivity contribution in [1.29, 1.82) is 0 Å². The molecule has 1 heterocycles. The zero-order valence-corrected chi connectivity index (χ0v) is 18.0. The van der Waals surface area contributed by atoms with Crippen molar-refractivity contribution in [3.05, 3.63) is 105 Å². The van der Waals surface area contributed by atoms with E-state index in [9.17, 15) is 24.1 Å². The van der Waals surface area contributed by atoms with E-state index in [0.717, 1.165) is 45.4 Å². The summed E-state index contributed by atoms with van der Waals surface area (Å²) in [6, 6.07) is 18.3. The number of nitro benzene ring substituents is 1. The molecule has 1 aliphatic heterocycles. The van der Waals surface area contributed by atoms with Gasteiger partial charge in [-0.1, -0.05) is 64.5 Å². The Bertz CT molecular complexity index is 1330. The van der Waals surface area contributed by atoms with Gasteiger partial charge in [0.15, 0.2) is 0 Å². The SMILES string of the molecule is O=C1[C@H]2C3c4ccccc4C(Br)(c4ccccc43)[C@H]2C(=O)N1c1ccc(F)cc1[N+](=O)[O-]. The van der Waals surface area contributed by atoms with E-state index in [1.54, 1.807) is 0 Å². The van der Waals surface area contributed by atoms with Gasteiger partial charge >= 0.3 is 0 Å². The van der Waals surface area contributed by atoms with E-state index in [2.05, 4.69) is 15.9 Å².